The van der Waals surface area contributed by atoms with Crippen LogP contribution in [0.2, 0.25) is 5.02 Å². The molecule has 1 aliphatic rings. The molecule has 0 bridgehead atoms. The summed E-state index contributed by atoms with van der Waals surface area (Å²) in [5.74, 6) is -0.153. The molecule has 0 spiro atoms. The largest absolute Gasteiger partial charge is 0.306 e. The van der Waals surface area contributed by atoms with Crippen molar-refractivity contribution in [2.45, 2.75) is 13.3 Å². The van der Waals surface area contributed by atoms with Crippen molar-refractivity contribution in [3.05, 3.63) is 52.3 Å². The van der Waals surface area contributed by atoms with E-state index in [1.165, 1.54) is 0 Å². The van der Waals surface area contributed by atoms with Crippen LogP contribution in [-0.4, -0.2) is 22.2 Å². The molecule has 21 heavy (non-hydrogen) atoms. The lowest BCUT2D eigenvalue weighted by Gasteiger charge is -2.22. The van der Waals surface area contributed by atoms with E-state index < -0.39 is 0 Å². The summed E-state index contributed by atoms with van der Waals surface area (Å²) < 4.78 is 1.64. The summed E-state index contributed by atoms with van der Waals surface area (Å²) in [6.07, 6.45) is 4.94. The molecule has 0 N–H and O–H groups in total. The minimum atomic E-state index is -0.153. The number of aryl methyl sites for hydroxylation is 1. The summed E-state index contributed by atoms with van der Waals surface area (Å²) >= 11 is 6.25. The number of carbonyl (C=O) groups is 1. The second-order valence-electron chi connectivity index (χ2n) is 5.08. The summed E-state index contributed by atoms with van der Waals surface area (Å²) in [4.78, 5) is 14.6. The topological polar surface area (TPSA) is 38.1 Å². The third-order valence-electron chi connectivity index (χ3n) is 3.75. The second kappa shape index (κ2) is 5.37. The van der Waals surface area contributed by atoms with Crippen LogP contribution in [0.4, 0.5) is 5.69 Å². The molecule has 0 unspecified atom stereocenters. The maximum atomic E-state index is 12.8. The molecule has 108 valence electrons. The summed E-state index contributed by atoms with van der Waals surface area (Å²) in [5.41, 5.74) is 3.04. The lowest BCUT2D eigenvalue weighted by molar-refractivity contribution is 0.0982. The molecule has 3 rings (SSSR count). The Labute approximate surface area is 128 Å². The van der Waals surface area contributed by atoms with E-state index in [-0.39, 0.29) is 5.91 Å². The molecule has 1 aliphatic heterocycles. The fraction of sp³-hybridized carbons (Fsp3) is 0.250. The first-order chi connectivity index (χ1) is 10.1. The fourth-order valence-electron chi connectivity index (χ4n) is 2.47. The van der Waals surface area contributed by atoms with E-state index in [9.17, 15) is 4.79 Å². The Morgan fingerprint density at radius 3 is 2.81 bits per heavy atom. The van der Waals surface area contributed by atoms with E-state index in [0.717, 1.165) is 23.4 Å². The van der Waals surface area contributed by atoms with Crippen LogP contribution in [0.3, 0.4) is 0 Å². The zero-order valence-corrected chi connectivity index (χ0v) is 12.8. The Balaban J connectivity index is 2.04. The Morgan fingerprint density at radius 1 is 1.33 bits per heavy atom. The predicted molar refractivity (Wildman–Crippen MR) is 84.7 cm³/mol. The maximum absolute atomic E-state index is 12.8. The van der Waals surface area contributed by atoms with Crippen LogP contribution >= 0.6 is 11.6 Å². The van der Waals surface area contributed by atoms with Gasteiger partial charge in [-0.2, -0.15) is 5.10 Å². The highest BCUT2D eigenvalue weighted by atomic mass is 35.5. The number of carbonyl (C=O) groups excluding carboxylic acids is 1. The number of anilines is 1. The van der Waals surface area contributed by atoms with E-state index in [4.69, 9.17) is 11.6 Å². The van der Waals surface area contributed by atoms with Crippen LogP contribution in [-0.2, 0) is 7.05 Å². The van der Waals surface area contributed by atoms with Gasteiger partial charge in [0.15, 0.2) is 5.69 Å². The number of rotatable bonds is 1. The number of hydrogen-bond donors (Lipinski definition) is 0. The van der Waals surface area contributed by atoms with Gasteiger partial charge >= 0.3 is 0 Å². The lowest BCUT2D eigenvalue weighted by atomic mass is 10.1. The summed E-state index contributed by atoms with van der Waals surface area (Å²) in [6.45, 7) is 2.47. The molecule has 0 radical (unpaired) electrons. The highest BCUT2D eigenvalue weighted by molar-refractivity contribution is 6.34. The van der Waals surface area contributed by atoms with Gasteiger partial charge in [-0.3, -0.25) is 9.48 Å². The van der Waals surface area contributed by atoms with E-state index in [1.54, 1.807) is 16.6 Å². The fourth-order valence-corrected chi connectivity index (χ4v) is 2.71. The first-order valence-electron chi connectivity index (χ1n) is 6.86. The maximum Gasteiger partial charge on any atom is 0.280 e. The van der Waals surface area contributed by atoms with Gasteiger partial charge in [0.05, 0.1) is 16.4 Å². The number of nitrogens with zero attached hydrogens (tertiary/aromatic N) is 3. The van der Waals surface area contributed by atoms with E-state index in [0.29, 0.717) is 17.3 Å². The van der Waals surface area contributed by atoms with Gasteiger partial charge in [-0.25, -0.2) is 0 Å². The van der Waals surface area contributed by atoms with E-state index in [1.807, 2.05) is 37.3 Å². The Hall–Kier alpha value is -2.07. The zero-order chi connectivity index (χ0) is 15.0. The molecular weight excluding hydrogens is 286 g/mol. The smallest absolute Gasteiger partial charge is 0.280 e. The average molecular weight is 302 g/mol. The van der Waals surface area contributed by atoms with Crippen LogP contribution in [0.15, 0.2) is 30.3 Å². The SMILES string of the molecule is Cc1c(Cl)c(C(=O)N2CCC=Cc3ccccc32)nn1C. The molecular formula is C16H16ClN3O. The van der Waals surface area contributed by atoms with Gasteiger partial charge in [-0.15, -0.1) is 0 Å². The number of halogens is 1. The lowest BCUT2D eigenvalue weighted by Crippen LogP contribution is -2.32. The van der Waals surface area contributed by atoms with Crippen LogP contribution in [0.5, 0.6) is 0 Å². The van der Waals surface area contributed by atoms with E-state index in [2.05, 4.69) is 11.2 Å². The molecule has 1 aromatic carbocycles. The summed E-state index contributed by atoms with van der Waals surface area (Å²) in [7, 11) is 1.79. The van der Waals surface area contributed by atoms with Gasteiger partial charge in [-0.05, 0) is 25.0 Å². The molecule has 0 fully saturated rings. The van der Waals surface area contributed by atoms with Crippen LogP contribution < -0.4 is 4.90 Å². The monoisotopic (exact) mass is 301 g/mol. The van der Waals surface area contributed by atoms with Crippen molar-refractivity contribution in [1.82, 2.24) is 9.78 Å². The van der Waals surface area contributed by atoms with Crippen molar-refractivity contribution in [2.75, 3.05) is 11.4 Å². The quantitative estimate of drug-likeness (QED) is 0.809. The Kier molecular flexibility index (Phi) is 3.55. The first kappa shape index (κ1) is 13.9. The van der Waals surface area contributed by atoms with Gasteiger partial charge in [-0.1, -0.05) is 42.0 Å². The number of hydrogen-bond acceptors (Lipinski definition) is 2. The van der Waals surface area contributed by atoms with Crippen molar-refractivity contribution in [1.29, 1.82) is 0 Å². The van der Waals surface area contributed by atoms with Gasteiger partial charge in [0.25, 0.3) is 5.91 Å². The Bertz CT molecular complexity index is 733. The molecule has 2 heterocycles. The molecule has 4 nitrogen and oxygen atoms in total. The second-order valence-corrected chi connectivity index (χ2v) is 5.46. The van der Waals surface area contributed by atoms with Crippen molar-refractivity contribution in [2.24, 2.45) is 7.05 Å². The molecule has 0 saturated heterocycles. The molecule has 1 aromatic heterocycles. The molecule has 0 aliphatic carbocycles. The molecule has 5 heteroatoms. The first-order valence-corrected chi connectivity index (χ1v) is 7.24. The van der Waals surface area contributed by atoms with Crippen molar-refractivity contribution < 1.29 is 4.79 Å². The van der Waals surface area contributed by atoms with E-state index >= 15 is 0 Å². The Morgan fingerprint density at radius 2 is 2.10 bits per heavy atom. The summed E-state index contributed by atoms with van der Waals surface area (Å²) in [5, 5.41) is 4.69. The molecule has 1 amide bonds. The van der Waals surface area contributed by atoms with Crippen molar-refractivity contribution >= 4 is 29.3 Å². The van der Waals surface area contributed by atoms with Gasteiger partial charge < -0.3 is 4.90 Å². The standard InChI is InChI=1S/C16H16ClN3O/c1-11-14(17)15(18-19(11)2)16(21)20-10-6-5-8-12-7-3-4-9-13(12)20/h3-5,7-9H,6,10H2,1-2H3. The number of amides is 1. The van der Waals surface area contributed by atoms with Gasteiger partial charge in [0.2, 0.25) is 0 Å². The van der Waals surface area contributed by atoms with Crippen molar-refractivity contribution in [3.8, 4) is 0 Å². The highest BCUT2D eigenvalue weighted by Crippen LogP contribution is 2.28. The minimum Gasteiger partial charge on any atom is -0.306 e. The molecule has 0 saturated carbocycles. The van der Waals surface area contributed by atoms with Crippen LogP contribution in [0.1, 0.15) is 28.2 Å². The number of aromatic nitrogens is 2. The third kappa shape index (κ3) is 2.36. The summed E-state index contributed by atoms with van der Waals surface area (Å²) in [6, 6.07) is 7.86. The van der Waals surface area contributed by atoms with Crippen LogP contribution in [0, 0.1) is 6.92 Å². The minimum absolute atomic E-state index is 0.153. The number of para-hydroxylation sites is 1. The van der Waals surface area contributed by atoms with Gasteiger partial charge in [0, 0.05) is 13.6 Å². The predicted octanol–water partition coefficient (Wildman–Crippen LogP) is 3.45. The number of benzene rings is 1. The van der Waals surface area contributed by atoms with Crippen molar-refractivity contribution in [3.63, 3.8) is 0 Å². The highest BCUT2D eigenvalue weighted by Gasteiger charge is 2.26. The van der Waals surface area contributed by atoms with Gasteiger partial charge in [0.1, 0.15) is 0 Å². The average Bonchev–Trinajstić information content (AvgIpc) is 2.69. The number of fused-ring (bicyclic) bond motifs is 1. The normalized spacial score (nSPS) is 14.0. The molecule has 0 atom stereocenters. The zero-order valence-electron chi connectivity index (χ0n) is 12.0. The molecule has 2 aromatic rings. The van der Waals surface area contributed by atoms with Crippen LogP contribution in [0.25, 0.3) is 6.08 Å². The third-order valence-corrected chi connectivity index (χ3v) is 4.21.